The zero-order valence-corrected chi connectivity index (χ0v) is 30.5. The van der Waals surface area contributed by atoms with E-state index in [1.807, 2.05) is 0 Å². The zero-order chi connectivity index (χ0) is 24.1. The monoisotopic (exact) mass is 629 g/mol. The van der Waals surface area contributed by atoms with Gasteiger partial charge in [-0.15, -0.1) is 0 Å². The van der Waals surface area contributed by atoms with Gasteiger partial charge in [-0.3, -0.25) is 18.0 Å². The van der Waals surface area contributed by atoms with E-state index < -0.39 is 54.6 Å². The molecule has 1 aliphatic rings. The van der Waals surface area contributed by atoms with Crippen LogP contribution < -0.4 is 144 Å². The van der Waals surface area contributed by atoms with Gasteiger partial charge in [-0.05, 0) is 11.6 Å². The molecule has 0 saturated carbocycles. The van der Waals surface area contributed by atoms with Crippen LogP contribution in [0.15, 0.2) is 6.33 Å². The largest absolute Gasteiger partial charge is 1.00 e. The third kappa shape index (κ3) is 11.0. The first-order valence-electron chi connectivity index (χ1n) is 7.97. The molecule has 0 radical (unpaired) electrons. The van der Waals surface area contributed by atoms with E-state index in [4.69, 9.17) is 22.1 Å². The Morgan fingerprint density at radius 3 is 2.17 bits per heavy atom. The number of ether oxygens (including phenoxy) is 1. The van der Waals surface area contributed by atoms with Gasteiger partial charge >= 0.3 is 118 Å². The van der Waals surface area contributed by atoms with Crippen molar-refractivity contribution >= 4 is 52.1 Å². The molecule has 1 saturated heterocycles. The summed E-state index contributed by atoms with van der Waals surface area (Å²) in [4.78, 5) is 54.9. The quantitative estimate of drug-likeness (QED) is 0.139. The average molecular weight is 630 g/mol. The van der Waals surface area contributed by atoms with E-state index in [1.54, 1.807) is 0 Å². The molecule has 2 aromatic rings. The summed E-state index contributed by atoms with van der Waals surface area (Å²) in [6.45, 7) is -1.10. The summed E-state index contributed by atoms with van der Waals surface area (Å²) in [6.07, 6.45) is -5.33. The third-order valence-corrected chi connectivity index (χ3v) is 7.66. The maximum atomic E-state index is 11.6. The predicted molar refractivity (Wildman–Crippen MR) is 91.6 cm³/mol. The smallest absolute Gasteiger partial charge is 0.790 e. The summed E-state index contributed by atoms with van der Waals surface area (Å²) in [5.41, 5.74) is 5.75. The number of nitrogen functional groups attached to an aromatic ring is 1. The van der Waals surface area contributed by atoms with Crippen LogP contribution in [0.5, 0.6) is 0 Å². The van der Waals surface area contributed by atoms with Gasteiger partial charge in [0.15, 0.2) is 17.7 Å². The molecular weight excluding hydrogens is 618 g/mol. The Bertz CT molecular complexity index is 1170. The van der Waals surface area contributed by atoms with Crippen LogP contribution in [0.1, 0.15) is 6.23 Å². The Kier molecular flexibility index (Phi) is 18.2. The molecular formula is C10H11ClN5Na4O13P3. The van der Waals surface area contributed by atoms with Crippen molar-refractivity contribution in [2.75, 3.05) is 12.3 Å². The molecule has 4 N–H and O–H groups in total. The topological polar surface area (TPSA) is 290 Å². The van der Waals surface area contributed by atoms with E-state index in [0.29, 0.717) is 0 Å². The number of imidazole rings is 1. The zero-order valence-electron chi connectivity index (χ0n) is 19.1. The fourth-order valence-corrected chi connectivity index (χ4v) is 5.68. The van der Waals surface area contributed by atoms with Gasteiger partial charge in [-0.25, -0.2) is 9.29 Å². The summed E-state index contributed by atoms with van der Waals surface area (Å²) < 4.78 is 50.2. The van der Waals surface area contributed by atoms with Crippen molar-refractivity contribution in [1.29, 1.82) is 0 Å². The van der Waals surface area contributed by atoms with Crippen molar-refractivity contribution in [2.45, 2.75) is 24.5 Å². The fourth-order valence-electron chi connectivity index (χ4n) is 2.64. The van der Waals surface area contributed by atoms with Gasteiger partial charge in [-0.2, -0.15) is 9.97 Å². The second-order valence-corrected chi connectivity index (χ2v) is 10.6. The van der Waals surface area contributed by atoms with Gasteiger partial charge in [0.05, 0.1) is 20.8 Å². The normalized spacial score (nSPS) is 24.9. The number of fused-ring (bicyclic) bond motifs is 1. The van der Waals surface area contributed by atoms with E-state index >= 15 is 0 Å². The van der Waals surface area contributed by atoms with E-state index in [9.17, 15) is 43.5 Å². The number of halogens is 1. The maximum Gasteiger partial charge on any atom is 1.00 e. The molecule has 180 valence electrons. The minimum absolute atomic E-state index is 0. The van der Waals surface area contributed by atoms with Gasteiger partial charge < -0.3 is 49.3 Å². The number of aliphatic hydroxyl groups excluding tert-OH is 2. The van der Waals surface area contributed by atoms with Crippen molar-refractivity contribution in [3.8, 4) is 0 Å². The number of nitrogens with zero attached hydrogens (tertiary/aromatic N) is 4. The number of nitrogens with two attached hydrogens (primary N) is 1. The van der Waals surface area contributed by atoms with Crippen LogP contribution >= 0.6 is 35.1 Å². The van der Waals surface area contributed by atoms with Crippen molar-refractivity contribution in [1.82, 2.24) is 19.5 Å². The minimum atomic E-state index is -6.16. The molecule has 1 fully saturated rings. The summed E-state index contributed by atoms with van der Waals surface area (Å²) in [6, 6.07) is 0. The second kappa shape index (κ2) is 16.0. The Morgan fingerprint density at radius 1 is 1.03 bits per heavy atom. The third-order valence-electron chi connectivity index (χ3n) is 3.83. The number of phosphoric acid groups is 3. The first-order chi connectivity index (χ1) is 14.6. The molecule has 6 atom stereocenters. The molecule has 3 heterocycles. The number of hydrogen-bond acceptors (Lipinski definition) is 17. The van der Waals surface area contributed by atoms with Crippen molar-refractivity contribution in [3.05, 3.63) is 11.6 Å². The predicted octanol–water partition coefficient (Wildman–Crippen LogP) is -15.5. The molecule has 18 nitrogen and oxygen atoms in total. The molecule has 0 aromatic carbocycles. The maximum absolute atomic E-state index is 11.6. The van der Waals surface area contributed by atoms with Gasteiger partial charge in [0.25, 0.3) is 15.6 Å². The number of rotatable bonds is 8. The van der Waals surface area contributed by atoms with Gasteiger partial charge in [0.1, 0.15) is 23.8 Å². The van der Waals surface area contributed by atoms with Crippen LogP contribution in [-0.2, 0) is 31.6 Å². The standard InChI is InChI=1S/C10H15ClN5O13P3.4Na/c11-10-14-7(12)4-8(15-10)16(2-13-4)9-6(18)5(17)3(27-9)1-26-31(22,23)29-32(24,25)28-30(19,20)21;;;;/h2-3,5-6,9,17-18H,1H2,(H,22,23)(H,24,25)(H2,12,14,15)(H2,19,20,21);;;;/q;4*+1/p-4/t3-,5-,6-,9-;;;;/m1..../s1. The molecule has 2 aromatic heterocycles. The van der Waals surface area contributed by atoms with Gasteiger partial charge in [-0.1, -0.05) is 0 Å². The average Bonchev–Trinajstić information content (AvgIpc) is 3.12. The number of aromatic nitrogens is 4. The first kappa shape index (κ1) is 41.1. The van der Waals surface area contributed by atoms with E-state index in [2.05, 4.69) is 28.1 Å². The molecule has 3 rings (SSSR count). The SMILES string of the molecule is Nc1nc(Cl)nc2c1ncn2[C@@H]1O[C@H](COP(=O)([O-])OP(=O)([O-])OP(=O)([O-])[O-])[C@@H](O)[C@H]1O.[Na+].[Na+].[Na+].[Na+]. The molecule has 36 heavy (non-hydrogen) atoms. The van der Waals surface area contributed by atoms with Crippen LogP contribution in [0.3, 0.4) is 0 Å². The Labute approximate surface area is 295 Å². The number of aliphatic hydroxyl groups is 2. The summed E-state index contributed by atoms with van der Waals surface area (Å²) >= 11 is 5.73. The Balaban J connectivity index is 0. The van der Waals surface area contributed by atoms with Crippen LogP contribution in [0, 0.1) is 0 Å². The Hall–Kier alpha value is 2.93. The number of hydrogen-bond donors (Lipinski definition) is 3. The molecule has 26 heteroatoms. The minimum Gasteiger partial charge on any atom is -0.790 e. The van der Waals surface area contributed by atoms with Crippen molar-refractivity contribution < 1.29 is 180 Å². The van der Waals surface area contributed by atoms with Crippen LogP contribution in [0.2, 0.25) is 5.28 Å². The summed E-state index contributed by atoms with van der Waals surface area (Å²) in [5, 5.41) is 20.1. The molecule has 0 spiro atoms. The Morgan fingerprint density at radius 2 is 1.61 bits per heavy atom. The van der Waals surface area contributed by atoms with Gasteiger partial charge in [0, 0.05) is 0 Å². The number of anilines is 1. The van der Waals surface area contributed by atoms with Gasteiger partial charge in [0.2, 0.25) is 5.28 Å². The van der Waals surface area contributed by atoms with Crippen LogP contribution in [0.4, 0.5) is 5.82 Å². The van der Waals surface area contributed by atoms with E-state index in [-0.39, 0.29) is 140 Å². The molecule has 0 aliphatic carbocycles. The van der Waals surface area contributed by atoms with Crippen molar-refractivity contribution in [2.24, 2.45) is 0 Å². The van der Waals surface area contributed by atoms with E-state index in [1.165, 1.54) is 0 Å². The molecule has 0 bridgehead atoms. The van der Waals surface area contributed by atoms with Crippen LogP contribution in [-0.4, -0.2) is 54.7 Å². The van der Waals surface area contributed by atoms with Crippen LogP contribution in [0.25, 0.3) is 11.2 Å². The van der Waals surface area contributed by atoms with Crippen molar-refractivity contribution in [3.63, 3.8) is 0 Å². The first-order valence-corrected chi connectivity index (χ1v) is 12.7. The molecule has 2 unspecified atom stereocenters. The second-order valence-electron chi connectivity index (χ2n) is 6.05. The summed E-state index contributed by atoms with van der Waals surface area (Å²) in [5.74, 6) is -0.0962. The van der Waals surface area contributed by atoms with E-state index in [0.717, 1.165) is 10.9 Å². The summed E-state index contributed by atoms with van der Waals surface area (Å²) in [7, 11) is -18.1. The molecule has 0 amide bonds. The molecule has 1 aliphatic heterocycles. The fraction of sp³-hybridized carbons (Fsp3) is 0.500. The number of phosphoric ester groups is 1.